The highest BCUT2D eigenvalue weighted by Crippen LogP contribution is 2.25. The van der Waals surface area contributed by atoms with Gasteiger partial charge >= 0.3 is 0 Å². The van der Waals surface area contributed by atoms with E-state index in [9.17, 15) is 0 Å². The summed E-state index contributed by atoms with van der Waals surface area (Å²) >= 11 is 2.07. The SMILES string of the molecule is CC1CC(NCCn2ccnc2)CS1. The van der Waals surface area contributed by atoms with E-state index in [0.717, 1.165) is 24.4 Å². The van der Waals surface area contributed by atoms with Crippen LogP contribution >= 0.6 is 11.8 Å². The third kappa shape index (κ3) is 2.75. The van der Waals surface area contributed by atoms with Crippen molar-refractivity contribution in [2.75, 3.05) is 12.3 Å². The zero-order valence-corrected chi connectivity index (χ0v) is 9.33. The van der Waals surface area contributed by atoms with E-state index < -0.39 is 0 Å². The predicted molar refractivity (Wildman–Crippen MR) is 60.6 cm³/mol. The molecule has 1 N–H and O–H groups in total. The molecular weight excluding hydrogens is 194 g/mol. The van der Waals surface area contributed by atoms with Crippen molar-refractivity contribution in [3.63, 3.8) is 0 Å². The molecule has 2 heterocycles. The molecule has 1 aromatic rings. The van der Waals surface area contributed by atoms with Crippen LogP contribution in [0.15, 0.2) is 18.7 Å². The molecule has 0 amide bonds. The lowest BCUT2D eigenvalue weighted by Crippen LogP contribution is -2.31. The zero-order valence-electron chi connectivity index (χ0n) is 8.52. The molecule has 1 saturated heterocycles. The van der Waals surface area contributed by atoms with Crippen molar-refractivity contribution in [2.24, 2.45) is 0 Å². The molecule has 1 fully saturated rings. The van der Waals surface area contributed by atoms with Gasteiger partial charge in [0.25, 0.3) is 0 Å². The molecule has 2 atom stereocenters. The summed E-state index contributed by atoms with van der Waals surface area (Å²) in [6, 6.07) is 0.721. The van der Waals surface area contributed by atoms with Crippen molar-refractivity contribution in [3.05, 3.63) is 18.7 Å². The first-order valence-electron chi connectivity index (χ1n) is 5.15. The van der Waals surface area contributed by atoms with Crippen LogP contribution in [0, 0.1) is 0 Å². The molecule has 0 saturated carbocycles. The summed E-state index contributed by atoms with van der Waals surface area (Å²) < 4.78 is 2.11. The molecule has 14 heavy (non-hydrogen) atoms. The van der Waals surface area contributed by atoms with Crippen molar-refractivity contribution in [3.8, 4) is 0 Å². The Labute approximate surface area is 89.3 Å². The first-order chi connectivity index (χ1) is 6.84. The number of hydrogen-bond acceptors (Lipinski definition) is 3. The van der Waals surface area contributed by atoms with Gasteiger partial charge in [-0.3, -0.25) is 0 Å². The fourth-order valence-corrected chi connectivity index (χ4v) is 2.96. The summed E-state index contributed by atoms with van der Waals surface area (Å²) in [5.74, 6) is 1.27. The molecule has 0 aromatic carbocycles. The smallest absolute Gasteiger partial charge is 0.0946 e. The van der Waals surface area contributed by atoms with Crippen molar-refractivity contribution in [1.82, 2.24) is 14.9 Å². The topological polar surface area (TPSA) is 29.9 Å². The first kappa shape index (κ1) is 10.1. The highest BCUT2D eigenvalue weighted by molar-refractivity contribution is 8.00. The lowest BCUT2D eigenvalue weighted by molar-refractivity contribution is 0.508. The standard InChI is InChI=1S/C10H17N3S/c1-9-6-10(7-14-9)12-3-5-13-4-2-11-8-13/h2,4,8-10,12H,3,5-7H2,1H3. The maximum absolute atomic E-state index is 4.02. The van der Waals surface area contributed by atoms with E-state index in [-0.39, 0.29) is 0 Å². The van der Waals surface area contributed by atoms with Gasteiger partial charge in [-0.05, 0) is 6.42 Å². The van der Waals surface area contributed by atoms with Crippen LogP contribution in [0.1, 0.15) is 13.3 Å². The molecule has 0 spiro atoms. The predicted octanol–water partition coefficient (Wildman–Crippen LogP) is 1.37. The van der Waals surface area contributed by atoms with Crippen LogP contribution in [0.2, 0.25) is 0 Å². The summed E-state index contributed by atoms with van der Waals surface area (Å²) in [5, 5.41) is 4.41. The molecule has 2 unspecified atom stereocenters. The number of aromatic nitrogens is 2. The molecule has 0 radical (unpaired) electrons. The Bertz CT molecular complexity index is 260. The van der Waals surface area contributed by atoms with E-state index in [1.165, 1.54) is 12.2 Å². The zero-order chi connectivity index (χ0) is 9.80. The number of imidazole rings is 1. The minimum absolute atomic E-state index is 0.721. The molecular formula is C10H17N3S. The van der Waals surface area contributed by atoms with E-state index in [1.807, 2.05) is 18.7 Å². The van der Waals surface area contributed by atoms with Crippen LogP contribution in [0.25, 0.3) is 0 Å². The molecule has 4 heteroatoms. The highest BCUT2D eigenvalue weighted by atomic mass is 32.2. The molecule has 1 aromatic heterocycles. The third-order valence-electron chi connectivity index (χ3n) is 2.56. The maximum atomic E-state index is 4.02. The lowest BCUT2D eigenvalue weighted by atomic mass is 10.2. The first-order valence-corrected chi connectivity index (χ1v) is 6.20. The van der Waals surface area contributed by atoms with Crippen LogP contribution in [-0.4, -0.2) is 33.1 Å². The second-order valence-corrected chi connectivity index (χ2v) is 5.30. The fourth-order valence-electron chi connectivity index (χ4n) is 1.78. The Hall–Kier alpha value is -0.480. The van der Waals surface area contributed by atoms with Gasteiger partial charge in [0.05, 0.1) is 6.33 Å². The van der Waals surface area contributed by atoms with Gasteiger partial charge in [-0.25, -0.2) is 4.98 Å². The van der Waals surface area contributed by atoms with E-state index >= 15 is 0 Å². The Balaban J connectivity index is 1.64. The summed E-state index contributed by atoms with van der Waals surface area (Å²) in [6.07, 6.45) is 7.02. The largest absolute Gasteiger partial charge is 0.336 e. The average molecular weight is 211 g/mol. The third-order valence-corrected chi connectivity index (χ3v) is 3.92. The van der Waals surface area contributed by atoms with Gasteiger partial charge in [-0.15, -0.1) is 0 Å². The van der Waals surface area contributed by atoms with Gasteiger partial charge < -0.3 is 9.88 Å². The minimum Gasteiger partial charge on any atom is -0.336 e. The Morgan fingerprint density at radius 3 is 3.21 bits per heavy atom. The summed E-state index contributed by atoms with van der Waals surface area (Å²) in [4.78, 5) is 4.02. The normalized spacial score (nSPS) is 26.9. The van der Waals surface area contributed by atoms with Gasteiger partial charge in [0.2, 0.25) is 0 Å². The van der Waals surface area contributed by atoms with Gasteiger partial charge in [0.1, 0.15) is 0 Å². The summed E-state index contributed by atoms with van der Waals surface area (Å²) in [7, 11) is 0. The van der Waals surface area contributed by atoms with Crippen molar-refractivity contribution in [2.45, 2.75) is 31.2 Å². The van der Waals surface area contributed by atoms with Crippen LogP contribution in [0.4, 0.5) is 0 Å². The summed E-state index contributed by atoms with van der Waals surface area (Å²) in [5.41, 5.74) is 0. The average Bonchev–Trinajstić information content (AvgIpc) is 2.77. The molecule has 2 rings (SSSR count). The van der Waals surface area contributed by atoms with Crippen LogP contribution in [0.3, 0.4) is 0 Å². The number of thioether (sulfide) groups is 1. The Morgan fingerprint density at radius 1 is 1.64 bits per heavy atom. The van der Waals surface area contributed by atoms with E-state index in [4.69, 9.17) is 0 Å². The molecule has 1 aliphatic rings. The molecule has 0 bridgehead atoms. The fraction of sp³-hybridized carbons (Fsp3) is 0.700. The van der Waals surface area contributed by atoms with Crippen molar-refractivity contribution < 1.29 is 0 Å². The van der Waals surface area contributed by atoms with Crippen LogP contribution < -0.4 is 5.32 Å². The van der Waals surface area contributed by atoms with Crippen molar-refractivity contribution in [1.29, 1.82) is 0 Å². The molecule has 0 aliphatic carbocycles. The molecule has 1 aliphatic heterocycles. The lowest BCUT2D eigenvalue weighted by Gasteiger charge is -2.11. The number of nitrogens with one attached hydrogen (secondary N) is 1. The van der Waals surface area contributed by atoms with Gasteiger partial charge in [-0.2, -0.15) is 11.8 Å². The van der Waals surface area contributed by atoms with E-state index in [2.05, 4.69) is 33.6 Å². The maximum Gasteiger partial charge on any atom is 0.0946 e. The van der Waals surface area contributed by atoms with Gasteiger partial charge in [0, 0.05) is 42.5 Å². The van der Waals surface area contributed by atoms with E-state index in [1.54, 1.807) is 0 Å². The Morgan fingerprint density at radius 2 is 2.57 bits per heavy atom. The molecule has 3 nitrogen and oxygen atoms in total. The second kappa shape index (κ2) is 4.84. The van der Waals surface area contributed by atoms with Crippen LogP contribution in [0.5, 0.6) is 0 Å². The highest BCUT2D eigenvalue weighted by Gasteiger charge is 2.20. The quantitative estimate of drug-likeness (QED) is 0.815. The second-order valence-electron chi connectivity index (χ2n) is 3.83. The van der Waals surface area contributed by atoms with Crippen molar-refractivity contribution >= 4 is 11.8 Å². The summed E-state index contributed by atoms with van der Waals surface area (Å²) in [6.45, 7) is 4.38. The Kier molecular flexibility index (Phi) is 3.48. The molecule has 78 valence electrons. The van der Waals surface area contributed by atoms with Gasteiger partial charge in [0.15, 0.2) is 0 Å². The van der Waals surface area contributed by atoms with E-state index in [0.29, 0.717) is 0 Å². The van der Waals surface area contributed by atoms with Crippen LogP contribution in [-0.2, 0) is 6.54 Å². The van der Waals surface area contributed by atoms with Gasteiger partial charge in [-0.1, -0.05) is 6.92 Å². The monoisotopic (exact) mass is 211 g/mol. The number of rotatable bonds is 4. The number of nitrogens with zero attached hydrogens (tertiary/aromatic N) is 2. The minimum atomic E-state index is 0.721. The number of hydrogen-bond donors (Lipinski definition) is 1.